The van der Waals surface area contributed by atoms with Gasteiger partial charge in [0.15, 0.2) is 5.82 Å². The van der Waals surface area contributed by atoms with Crippen LogP contribution in [-0.4, -0.2) is 77.1 Å². The van der Waals surface area contributed by atoms with Gasteiger partial charge in [-0.25, -0.2) is 32.1 Å². The van der Waals surface area contributed by atoms with Crippen molar-refractivity contribution in [2.45, 2.75) is 6.10 Å². The zero-order valence-corrected chi connectivity index (χ0v) is 25.3. The molecule has 0 aliphatic carbocycles. The van der Waals surface area contributed by atoms with E-state index < -0.39 is 37.7 Å². The highest BCUT2D eigenvalue weighted by Crippen LogP contribution is 2.40. The van der Waals surface area contributed by atoms with E-state index in [0.717, 1.165) is 16.4 Å². The number of anilines is 1. The van der Waals surface area contributed by atoms with Gasteiger partial charge >= 0.3 is 0 Å². The highest BCUT2D eigenvalue weighted by molar-refractivity contribution is 8.34. The number of pyridine rings is 1. The molecule has 0 saturated heterocycles. The number of rotatable bonds is 11. The molecule has 0 spiro atoms. The fourth-order valence-electron chi connectivity index (χ4n) is 3.93. The fourth-order valence-corrected chi connectivity index (χ4v) is 5.86. The Kier molecular flexibility index (Phi) is 9.09. The van der Waals surface area contributed by atoms with Gasteiger partial charge in [0.05, 0.1) is 20.3 Å². The summed E-state index contributed by atoms with van der Waals surface area (Å²) in [6.07, 6.45) is 5.76. The van der Waals surface area contributed by atoms with E-state index in [4.69, 9.17) is 9.47 Å². The van der Waals surface area contributed by atoms with Crippen LogP contribution >= 0.6 is 10.0 Å². The minimum absolute atomic E-state index is 0.0652. The van der Waals surface area contributed by atoms with Crippen molar-refractivity contribution >= 4 is 26.0 Å². The Hall–Kier alpha value is -4.14. The van der Waals surface area contributed by atoms with Crippen molar-refractivity contribution in [3.05, 3.63) is 83.7 Å². The van der Waals surface area contributed by atoms with E-state index >= 15 is 0 Å². The summed E-state index contributed by atoms with van der Waals surface area (Å²) in [6.45, 7) is 0. The summed E-state index contributed by atoms with van der Waals surface area (Å²) >= 11 is 0. The van der Waals surface area contributed by atoms with Gasteiger partial charge in [0, 0.05) is 12.3 Å². The number of aromatic nitrogens is 4. The van der Waals surface area contributed by atoms with Crippen LogP contribution in [0, 0.1) is 5.82 Å². The summed E-state index contributed by atoms with van der Waals surface area (Å²) in [5.41, 5.74) is 0.554. The molecule has 0 bridgehead atoms. The summed E-state index contributed by atoms with van der Waals surface area (Å²) in [5, 5.41) is 32.1. The zero-order chi connectivity index (χ0) is 30.7. The van der Waals surface area contributed by atoms with Crippen molar-refractivity contribution in [2.75, 3.05) is 43.0 Å². The van der Waals surface area contributed by atoms with Crippen LogP contribution in [0.4, 0.5) is 10.3 Å². The molecular weight excluding hydrogens is 585 g/mol. The average molecular weight is 618 g/mol. The fraction of sp³-hybridized carbons (Fsp3) is 0.250. The van der Waals surface area contributed by atoms with E-state index in [1.165, 1.54) is 43.2 Å². The normalized spacial score (nSPS) is 13.2. The molecule has 0 amide bonds. The number of benzene rings is 2. The maximum atomic E-state index is 14.0. The molecule has 11 nitrogen and oxygen atoms in total. The van der Waals surface area contributed by atoms with Crippen molar-refractivity contribution < 1.29 is 32.5 Å². The summed E-state index contributed by atoms with van der Waals surface area (Å²) in [4.78, 5) is 4.43. The molecule has 0 aliphatic rings. The van der Waals surface area contributed by atoms with Gasteiger partial charge < -0.3 is 19.7 Å². The second-order valence-corrected chi connectivity index (χ2v) is 15.9. The number of methoxy groups -OCH3 is 2. The van der Waals surface area contributed by atoms with Gasteiger partial charge in [-0.15, -0.1) is 10.2 Å². The smallest absolute Gasteiger partial charge is 0.250 e. The third-order valence-electron chi connectivity index (χ3n) is 5.95. The van der Waals surface area contributed by atoms with Gasteiger partial charge in [0.25, 0.3) is 0 Å². The van der Waals surface area contributed by atoms with Crippen molar-refractivity contribution in [1.29, 1.82) is 0 Å². The number of phenols is 1. The predicted octanol–water partition coefficient (Wildman–Crippen LogP) is 4.23. The van der Waals surface area contributed by atoms with Crippen LogP contribution in [0.1, 0.15) is 11.7 Å². The van der Waals surface area contributed by atoms with Gasteiger partial charge in [-0.3, -0.25) is 4.57 Å². The first-order valence-electron chi connectivity index (χ1n) is 12.5. The molecule has 2 aromatic heterocycles. The number of ether oxygens (including phenoxy) is 2. The second-order valence-electron chi connectivity index (χ2n) is 9.91. The average Bonchev–Trinajstić information content (AvgIpc) is 3.36. The summed E-state index contributed by atoms with van der Waals surface area (Å²) in [6, 6.07) is 14.4. The van der Waals surface area contributed by atoms with Crippen molar-refractivity contribution in [3.63, 3.8) is 0 Å². The standard InChI is InChI=1S/C28H32FN5O6S2/c1-39-24-10-7-9-22(35)26(24)34-27(21-8-6-11-25(30-21)40-2)31-32-28(34)33(16-17-41(3,4)5)42(37,38)18-23(36)19-12-14-20(29)15-13-19/h6-17,23,35-36H,18H2,1-5H3/b17-16+/t23-/m1/s1. The molecule has 2 N–H and O–H groups in total. The van der Waals surface area contributed by atoms with Crippen LogP contribution in [0.25, 0.3) is 17.2 Å². The zero-order valence-electron chi connectivity index (χ0n) is 23.7. The lowest BCUT2D eigenvalue weighted by molar-refractivity contribution is 0.201. The first-order valence-corrected chi connectivity index (χ1v) is 17.0. The van der Waals surface area contributed by atoms with E-state index in [-0.39, 0.29) is 46.1 Å². The van der Waals surface area contributed by atoms with E-state index in [1.807, 2.05) is 18.8 Å². The number of halogens is 1. The number of aliphatic hydroxyl groups excluding tert-OH is 1. The highest BCUT2D eigenvalue weighted by Gasteiger charge is 2.33. The first-order chi connectivity index (χ1) is 19.8. The number of para-hydroxylation sites is 1. The number of aliphatic hydroxyl groups is 1. The maximum Gasteiger partial charge on any atom is 0.250 e. The molecule has 4 aromatic rings. The molecule has 1 atom stereocenters. The van der Waals surface area contributed by atoms with E-state index in [2.05, 4.69) is 15.2 Å². The number of nitrogens with zero attached hydrogens (tertiary/aromatic N) is 5. The Balaban J connectivity index is 1.96. The molecule has 0 unspecified atom stereocenters. The minimum atomic E-state index is -4.37. The van der Waals surface area contributed by atoms with Crippen molar-refractivity contribution in [2.24, 2.45) is 0 Å². The Labute approximate surface area is 245 Å². The minimum Gasteiger partial charge on any atom is -0.506 e. The quantitative estimate of drug-likeness (QED) is 0.253. The maximum absolute atomic E-state index is 14.0. The molecular formula is C28H32FN5O6S2. The lowest BCUT2D eigenvalue weighted by Crippen LogP contribution is -2.33. The van der Waals surface area contributed by atoms with E-state index in [0.29, 0.717) is 0 Å². The first kappa shape index (κ1) is 30.8. The molecule has 14 heteroatoms. The van der Waals surface area contributed by atoms with Gasteiger partial charge in [-0.2, -0.15) is 0 Å². The molecule has 224 valence electrons. The second kappa shape index (κ2) is 12.4. The molecule has 0 saturated carbocycles. The molecule has 4 rings (SSSR count). The largest absolute Gasteiger partial charge is 0.506 e. The monoisotopic (exact) mass is 617 g/mol. The van der Waals surface area contributed by atoms with Crippen LogP contribution in [0.5, 0.6) is 17.4 Å². The molecule has 2 aromatic carbocycles. The molecule has 0 aliphatic heterocycles. The molecule has 0 fully saturated rings. The highest BCUT2D eigenvalue weighted by atomic mass is 32.3. The summed E-state index contributed by atoms with van der Waals surface area (Å²) < 4.78 is 54.5. The number of aromatic hydroxyl groups is 1. The summed E-state index contributed by atoms with van der Waals surface area (Å²) in [5.74, 6) is -1.19. The third kappa shape index (κ3) is 6.83. The number of phenolic OH excluding ortho intramolecular Hbond substituents is 1. The molecule has 42 heavy (non-hydrogen) atoms. The van der Waals surface area contributed by atoms with E-state index in [1.54, 1.807) is 35.7 Å². The van der Waals surface area contributed by atoms with Crippen LogP contribution in [0.2, 0.25) is 0 Å². The molecule has 0 radical (unpaired) electrons. The van der Waals surface area contributed by atoms with Crippen LogP contribution in [-0.2, 0) is 10.0 Å². The Morgan fingerprint density at radius 3 is 2.33 bits per heavy atom. The number of hydrogen-bond donors (Lipinski definition) is 2. The molecule has 2 heterocycles. The third-order valence-corrected chi connectivity index (χ3v) is 8.51. The van der Waals surface area contributed by atoms with Gasteiger partial charge in [-0.1, -0.05) is 24.3 Å². The number of sulfonamides is 1. The topological polar surface area (TPSA) is 140 Å². The Morgan fingerprint density at radius 1 is 1.00 bits per heavy atom. The number of hydrogen-bond acceptors (Lipinski definition) is 9. The Bertz CT molecular complexity index is 1690. The van der Waals surface area contributed by atoms with Crippen molar-refractivity contribution in [1.82, 2.24) is 19.7 Å². The van der Waals surface area contributed by atoms with Crippen LogP contribution < -0.4 is 13.8 Å². The van der Waals surface area contributed by atoms with E-state index in [9.17, 15) is 23.0 Å². The SMILES string of the molecule is COc1cccc(-c2nnc(N(/C=C/S(C)(C)C)S(=O)(=O)C[C@@H](O)c3ccc(F)cc3)n2-c2c(O)cccc2OC)n1. The predicted molar refractivity (Wildman–Crippen MR) is 161 cm³/mol. The lowest BCUT2D eigenvalue weighted by atomic mass is 10.1. The van der Waals surface area contributed by atoms with Crippen LogP contribution in [0.15, 0.2) is 72.3 Å². The van der Waals surface area contributed by atoms with Gasteiger partial charge in [-0.05, 0) is 60.1 Å². The lowest BCUT2D eigenvalue weighted by Gasteiger charge is -2.26. The Morgan fingerprint density at radius 2 is 1.69 bits per heavy atom. The van der Waals surface area contributed by atoms with Gasteiger partial charge in [0.2, 0.25) is 21.9 Å². The van der Waals surface area contributed by atoms with Crippen molar-refractivity contribution in [3.8, 4) is 34.6 Å². The van der Waals surface area contributed by atoms with Gasteiger partial charge in [0.1, 0.15) is 34.5 Å². The summed E-state index contributed by atoms with van der Waals surface area (Å²) in [7, 11) is -2.89. The van der Waals surface area contributed by atoms with Crippen LogP contribution in [0.3, 0.4) is 0 Å².